The van der Waals surface area contributed by atoms with E-state index in [4.69, 9.17) is 0 Å². The second-order valence-corrected chi connectivity index (χ2v) is 5.54. The smallest absolute Gasteiger partial charge is 0.00929 e. The molecular weight excluding hydrogens is 264 g/mol. The minimum atomic E-state index is 0.990. The monoisotopic (exact) mass is 299 g/mol. The van der Waals surface area contributed by atoms with Crippen molar-refractivity contribution in [2.24, 2.45) is 0 Å². The van der Waals surface area contributed by atoms with Gasteiger partial charge < -0.3 is 0 Å². The number of allylic oxidation sites excluding steroid dienone is 7. The predicted octanol–water partition coefficient (Wildman–Crippen LogP) is 7.51. The van der Waals surface area contributed by atoms with Crippen LogP contribution in [0.15, 0.2) is 54.3 Å². The molecule has 0 fully saturated rings. The van der Waals surface area contributed by atoms with Crippen molar-refractivity contribution in [1.29, 1.82) is 0 Å². The molecule has 1 radical (unpaired) electrons. The van der Waals surface area contributed by atoms with E-state index in [0.29, 0.717) is 0 Å². The summed E-state index contributed by atoms with van der Waals surface area (Å²) in [6.45, 7) is 6.00. The molecule has 0 bridgehead atoms. The van der Waals surface area contributed by atoms with Crippen LogP contribution in [0.25, 0.3) is 0 Å². The van der Waals surface area contributed by atoms with Gasteiger partial charge in [-0.25, -0.2) is 0 Å². The summed E-state index contributed by atoms with van der Waals surface area (Å²) in [6.07, 6.45) is 30.8. The fraction of sp³-hybridized carbons (Fsp3) is 0.545. The van der Waals surface area contributed by atoms with Crippen LogP contribution in [-0.2, 0) is 0 Å². The maximum absolute atomic E-state index is 3.87. The van der Waals surface area contributed by atoms with Crippen LogP contribution in [-0.4, -0.2) is 0 Å². The van der Waals surface area contributed by atoms with Gasteiger partial charge in [-0.15, -0.1) is 5.73 Å². The molecule has 0 aliphatic rings. The first kappa shape index (κ1) is 20.7. The number of unbranched alkanes of at least 4 members (excludes halogenated alkanes) is 7. The molecule has 0 unspecified atom stereocenters. The number of hydrogen-bond acceptors (Lipinski definition) is 0. The minimum absolute atomic E-state index is 0.990. The summed E-state index contributed by atoms with van der Waals surface area (Å²) >= 11 is 0. The lowest BCUT2D eigenvalue weighted by Crippen LogP contribution is -1.75. The van der Waals surface area contributed by atoms with Crippen LogP contribution in [0.2, 0.25) is 0 Å². The Kier molecular flexibility index (Phi) is 18.6. The van der Waals surface area contributed by atoms with Gasteiger partial charge in [-0.05, 0) is 63.5 Å². The standard InChI is InChI=1S/C22H35/c1-3-5-7-9-11-13-15-17-19-21-22-20-18-16-14-12-10-8-6-4-2/h6,8,10,13-15,18,20H,1,3-5,7,9,11,16-17,19,21-22H2,2H3/b8-6+,15-13+,20-18+. The predicted molar refractivity (Wildman–Crippen MR) is 102 cm³/mol. The summed E-state index contributed by atoms with van der Waals surface area (Å²) in [5, 5.41) is 0. The largest absolute Gasteiger partial charge is 0.125 e. The molecule has 0 heteroatoms. The minimum Gasteiger partial charge on any atom is -0.125 e. The first-order chi connectivity index (χ1) is 10.9. The lowest BCUT2D eigenvalue weighted by molar-refractivity contribution is 0.692. The van der Waals surface area contributed by atoms with Crippen molar-refractivity contribution >= 4 is 0 Å². The van der Waals surface area contributed by atoms with Gasteiger partial charge in [0.05, 0.1) is 0 Å². The highest BCUT2D eigenvalue weighted by molar-refractivity contribution is 5.03. The van der Waals surface area contributed by atoms with Crippen LogP contribution < -0.4 is 0 Å². The van der Waals surface area contributed by atoms with Gasteiger partial charge in [0.25, 0.3) is 0 Å². The van der Waals surface area contributed by atoms with E-state index >= 15 is 0 Å². The molecule has 0 aliphatic heterocycles. The van der Waals surface area contributed by atoms with Gasteiger partial charge in [0.1, 0.15) is 0 Å². The molecule has 0 nitrogen and oxygen atoms in total. The Morgan fingerprint density at radius 2 is 1.41 bits per heavy atom. The highest BCUT2D eigenvalue weighted by Gasteiger charge is 1.86. The average molecular weight is 300 g/mol. The van der Waals surface area contributed by atoms with Crippen molar-refractivity contribution in [3.05, 3.63) is 61.3 Å². The Bertz CT molecular complexity index is 348. The van der Waals surface area contributed by atoms with Crippen LogP contribution in [0, 0.1) is 6.92 Å². The van der Waals surface area contributed by atoms with Crippen molar-refractivity contribution in [3.63, 3.8) is 0 Å². The number of rotatable bonds is 14. The SMILES string of the molecule is [CH2]CCCCC/C=C/CCCC/C=C/CC=C=C/C=C/CC. The molecule has 0 aromatic carbocycles. The molecule has 0 saturated heterocycles. The molecule has 0 atom stereocenters. The molecule has 0 aromatic heterocycles. The molecule has 0 N–H and O–H groups in total. The Morgan fingerprint density at radius 1 is 0.773 bits per heavy atom. The van der Waals surface area contributed by atoms with Crippen LogP contribution in [0.4, 0.5) is 0 Å². The quantitative estimate of drug-likeness (QED) is 0.135. The summed E-state index contributed by atoms with van der Waals surface area (Å²) in [5.41, 5.74) is 3.16. The van der Waals surface area contributed by atoms with E-state index in [1.54, 1.807) is 0 Å². The number of hydrogen-bond donors (Lipinski definition) is 0. The van der Waals surface area contributed by atoms with Gasteiger partial charge in [0.2, 0.25) is 0 Å². The van der Waals surface area contributed by atoms with Crippen LogP contribution >= 0.6 is 0 Å². The van der Waals surface area contributed by atoms with Gasteiger partial charge in [0.15, 0.2) is 0 Å². The third kappa shape index (κ3) is 18.7. The van der Waals surface area contributed by atoms with E-state index < -0.39 is 0 Å². The fourth-order valence-electron chi connectivity index (χ4n) is 2.05. The Hall–Kier alpha value is -1.26. The van der Waals surface area contributed by atoms with Crippen molar-refractivity contribution in [1.82, 2.24) is 0 Å². The van der Waals surface area contributed by atoms with E-state index in [1.165, 1.54) is 51.4 Å². The molecule has 0 aromatic rings. The Labute approximate surface area is 139 Å². The van der Waals surface area contributed by atoms with Crippen molar-refractivity contribution < 1.29 is 0 Å². The third-order valence-corrected chi connectivity index (χ3v) is 3.38. The molecule has 0 rings (SSSR count). The van der Waals surface area contributed by atoms with Crippen LogP contribution in [0.5, 0.6) is 0 Å². The summed E-state index contributed by atoms with van der Waals surface area (Å²) in [4.78, 5) is 0. The Morgan fingerprint density at radius 3 is 2.05 bits per heavy atom. The van der Waals surface area contributed by atoms with Gasteiger partial charge in [-0.1, -0.05) is 69.6 Å². The molecule has 0 amide bonds. The lowest BCUT2D eigenvalue weighted by Gasteiger charge is -1.95. The van der Waals surface area contributed by atoms with Gasteiger partial charge in [-0.2, -0.15) is 0 Å². The van der Waals surface area contributed by atoms with E-state index in [1.807, 2.05) is 6.08 Å². The first-order valence-corrected chi connectivity index (χ1v) is 9.07. The average Bonchev–Trinajstić information content (AvgIpc) is 2.54. The van der Waals surface area contributed by atoms with E-state index in [-0.39, 0.29) is 0 Å². The summed E-state index contributed by atoms with van der Waals surface area (Å²) < 4.78 is 0. The van der Waals surface area contributed by atoms with Gasteiger partial charge in [-0.3, -0.25) is 0 Å². The second kappa shape index (κ2) is 19.7. The normalized spacial score (nSPS) is 11.5. The molecule has 22 heavy (non-hydrogen) atoms. The van der Waals surface area contributed by atoms with Crippen LogP contribution in [0.1, 0.15) is 77.6 Å². The maximum Gasteiger partial charge on any atom is -0.00929 e. The van der Waals surface area contributed by atoms with Crippen molar-refractivity contribution in [2.45, 2.75) is 77.6 Å². The molecule has 0 heterocycles. The summed E-state index contributed by atoms with van der Waals surface area (Å²) in [7, 11) is 0. The van der Waals surface area contributed by atoms with Crippen molar-refractivity contribution in [3.8, 4) is 0 Å². The zero-order valence-electron chi connectivity index (χ0n) is 14.6. The topological polar surface area (TPSA) is 0 Å². The van der Waals surface area contributed by atoms with E-state index in [9.17, 15) is 0 Å². The lowest BCUT2D eigenvalue weighted by atomic mass is 10.1. The van der Waals surface area contributed by atoms with Gasteiger partial charge >= 0.3 is 0 Å². The molecule has 0 spiro atoms. The van der Waals surface area contributed by atoms with Gasteiger partial charge in [0, 0.05) is 0 Å². The molecular formula is C22H35. The third-order valence-electron chi connectivity index (χ3n) is 3.38. The highest BCUT2D eigenvalue weighted by atomic mass is 13.9. The second-order valence-electron chi connectivity index (χ2n) is 5.54. The Balaban J connectivity index is 3.35. The fourth-order valence-corrected chi connectivity index (χ4v) is 2.05. The van der Waals surface area contributed by atoms with Crippen LogP contribution in [0.3, 0.4) is 0 Å². The maximum atomic E-state index is 3.87. The highest BCUT2D eigenvalue weighted by Crippen LogP contribution is 2.05. The summed E-state index contributed by atoms with van der Waals surface area (Å²) in [6, 6.07) is 0. The summed E-state index contributed by atoms with van der Waals surface area (Å²) in [5.74, 6) is 0. The zero-order valence-corrected chi connectivity index (χ0v) is 14.6. The van der Waals surface area contributed by atoms with E-state index in [0.717, 1.165) is 19.3 Å². The zero-order chi connectivity index (χ0) is 16.1. The molecule has 123 valence electrons. The van der Waals surface area contributed by atoms with E-state index in [2.05, 4.69) is 62.1 Å². The first-order valence-electron chi connectivity index (χ1n) is 9.07. The molecule has 0 aliphatic carbocycles. The molecule has 0 saturated carbocycles. The van der Waals surface area contributed by atoms with Crippen molar-refractivity contribution in [2.75, 3.05) is 0 Å².